The van der Waals surface area contributed by atoms with Gasteiger partial charge in [-0.25, -0.2) is 0 Å². The van der Waals surface area contributed by atoms with Gasteiger partial charge in [0.2, 0.25) is 0 Å². The molecular formula is C12H23N. The molecule has 1 fully saturated rings. The van der Waals surface area contributed by atoms with Gasteiger partial charge in [-0.05, 0) is 38.6 Å². The zero-order valence-corrected chi connectivity index (χ0v) is 9.27. The zero-order chi connectivity index (χ0) is 9.68. The van der Waals surface area contributed by atoms with Crippen LogP contribution < -0.4 is 5.32 Å². The van der Waals surface area contributed by atoms with Gasteiger partial charge in [0.25, 0.3) is 0 Å². The summed E-state index contributed by atoms with van der Waals surface area (Å²) in [6.45, 7) is 7.81. The van der Waals surface area contributed by atoms with E-state index >= 15 is 0 Å². The normalized spacial score (nSPS) is 19.2. The summed E-state index contributed by atoms with van der Waals surface area (Å²) < 4.78 is 0. The first-order valence-corrected chi connectivity index (χ1v) is 5.60. The topological polar surface area (TPSA) is 12.0 Å². The second-order valence-electron chi connectivity index (χ2n) is 4.47. The van der Waals surface area contributed by atoms with E-state index in [4.69, 9.17) is 0 Å². The molecule has 1 aliphatic carbocycles. The molecule has 1 rings (SSSR count). The van der Waals surface area contributed by atoms with E-state index in [1.165, 1.54) is 25.7 Å². The van der Waals surface area contributed by atoms with Crippen molar-refractivity contribution in [3.8, 4) is 0 Å². The molecule has 76 valence electrons. The van der Waals surface area contributed by atoms with Crippen LogP contribution in [0, 0.1) is 5.92 Å². The van der Waals surface area contributed by atoms with E-state index in [0.29, 0.717) is 6.04 Å². The zero-order valence-electron chi connectivity index (χ0n) is 9.27. The van der Waals surface area contributed by atoms with Gasteiger partial charge in [0.15, 0.2) is 0 Å². The lowest BCUT2D eigenvalue weighted by molar-refractivity contribution is 0.367. The molecule has 0 radical (unpaired) electrons. The minimum absolute atomic E-state index is 0.623. The Kier molecular flexibility index (Phi) is 4.51. The third kappa shape index (κ3) is 3.95. The Morgan fingerprint density at radius 2 is 2.15 bits per heavy atom. The van der Waals surface area contributed by atoms with Crippen molar-refractivity contribution < 1.29 is 0 Å². The third-order valence-electron chi connectivity index (χ3n) is 2.91. The summed E-state index contributed by atoms with van der Waals surface area (Å²) in [4.78, 5) is 0. The molecule has 0 aromatic carbocycles. The van der Waals surface area contributed by atoms with Gasteiger partial charge in [0.1, 0.15) is 0 Å². The summed E-state index contributed by atoms with van der Waals surface area (Å²) in [6, 6.07) is 0.623. The fourth-order valence-corrected chi connectivity index (χ4v) is 1.70. The molecule has 0 heterocycles. The van der Waals surface area contributed by atoms with E-state index in [2.05, 4.69) is 32.2 Å². The molecule has 0 aromatic rings. The molecule has 0 atom stereocenters. The number of hydrogen-bond acceptors (Lipinski definition) is 1. The summed E-state index contributed by atoms with van der Waals surface area (Å²) in [6.07, 6.45) is 7.92. The smallest absolute Gasteiger partial charge is 0.00105 e. The molecule has 1 N–H and O–H groups in total. The maximum absolute atomic E-state index is 3.43. The Bertz CT molecular complexity index is 166. The van der Waals surface area contributed by atoms with Gasteiger partial charge in [-0.2, -0.15) is 0 Å². The average molecular weight is 181 g/mol. The van der Waals surface area contributed by atoms with Crippen LogP contribution >= 0.6 is 0 Å². The lowest BCUT2D eigenvalue weighted by atomic mass is 9.80. The van der Waals surface area contributed by atoms with Crippen molar-refractivity contribution in [2.45, 2.75) is 52.5 Å². The summed E-state index contributed by atoms with van der Waals surface area (Å²) in [7, 11) is 0. The highest BCUT2D eigenvalue weighted by Gasteiger charge is 2.18. The van der Waals surface area contributed by atoms with Crippen LogP contribution in [0.3, 0.4) is 0 Å². The molecule has 0 aromatic heterocycles. The summed E-state index contributed by atoms with van der Waals surface area (Å²) >= 11 is 0. The SMILES string of the molecule is C/C(=C/CCNC(C)C)C1CCC1. The van der Waals surface area contributed by atoms with Gasteiger partial charge in [-0.3, -0.25) is 0 Å². The Balaban J connectivity index is 2.08. The Labute approximate surface area is 82.6 Å². The molecule has 1 aliphatic rings. The monoisotopic (exact) mass is 181 g/mol. The van der Waals surface area contributed by atoms with Crippen molar-refractivity contribution in [2.24, 2.45) is 5.92 Å². The lowest BCUT2D eigenvalue weighted by Gasteiger charge is -2.26. The molecule has 1 saturated carbocycles. The Morgan fingerprint density at radius 3 is 2.62 bits per heavy atom. The highest BCUT2D eigenvalue weighted by atomic mass is 14.9. The summed E-state index contributed by atoms with van der Waals surface area (Å²) in [5.74, 6) is 0.930. The predicted octanol–water partition coefficient (Wildman–Crippen LogP) is 3.12. The number of nitrogens with one attached hydrogen (secondary N) is 1. The summed E-state index contributed by atoms with van der Waals surface area (Å²) in [5.41, 5.74) is 1.62. The number of rotatable bonds is 5. The lowest BCUT2D eigenvalue weighted by Crippen LogP contribution is -2.23. The Hall–Kier alpha value is -0.300. The van der Waals surface area contributed by atoms with E-state index in [1.54, 1.807) is 5.57 Å². The minimum Gasteiger partial charge on any atom is -0.314 e. The van der Waals surface area contributed by atoms with Crippen molar-refractivity contribution in [3.05, 3.63) is 11.6 Å². The van der Waals surface area contributed by atoms with Gasteiger partial charge >= 0.3 is 0 Å². The predicted molar refractivity (Wildman–Crippen MR) is 58.9 cm³/mol. The molecule has 0 amide bonds. The Morgan fingerprint density at radius 1 is 1.46 bits per heavy atom. The van der Waals surface area contributed by atoms with Crippen molar-refractivity contribution in [1.29, 1.82) is 0 Å². The van der Waals surface area contributed by atoms with E-state index < -0.39 is 0 Å². The maximum atomic E-state index is 3.43. The molecule has 0 unspecified atom stereocenters. The number of hydrogen-bond donors (Lipinski definition) is 1. The van der Waals surface area contributed by atoms with E-state index in [1.807, 2.05) is 0 Å². The molecule has 0 saturated heterocycles. The largest absolute Gasteiger partial charge is 0.314 e. The van der Waals surface area contributed by atoms with Crippen LogP contribution in [0.2, 0.25) is 0 Å². The molecule has 0 spiro atoms. The highest BCUT2D eigenvalue weighted by molar-refractivity contribution is 5.06. The average Bonchev–Trinajstić information content (AvgIpc) is 1.94. The second kappa shape index (κ2) is 5.43. The van der Waals surface area contributed by atoms with Crippen LogP contribution in [0.1, 0.15) is 46.5 Å². The van der Waals surface area contributed by atoms with Crippen molar-refractivity contribution in [3.63, 3.8) is 0 Å². The van der Waals surface area contributed by atoms with Crippen LogP contribution in [-0.4, -0.2) is 12.6 Å². The molecule has 13 heavy (non-hydrogen) atoms. The third-order valence-corrected chi connectivity index (χ3v) is 2.91. The van der Waals surface area contributed by atoms with Gasteiger partial charge in [0.05, 0.1) is 0 Å². The first-order valence-electron chi connectivity index (χ1n) is 5.60. The first-order chi connectivity index (χ1) is 6.20. The quantitative estimate of drug-likeness (QED) is 0.507. The first kappa shape index (κ1) is 10.8. The van der Waals surface area contributed by atoms with E-state index in [-0.39, 0.29) is 0 Å². The van der Waals surface area contributed by atoms with E-state index in [0.717, 1.165) is 12.5 Å². The fourth-order valence-electron chi connectivity index (χ4n) is 1.70. The van der Waals surface area contributed by atoms with Crippen molar-refractivity contribution in [1.82, 2.24) is 5.32 Å². The van der Waals surface area contributed by atoms with Crippen LogP contribution in [0.25, 0.3) is 0 Å². The molecule has 1 nitrogen and oxygen atoms in total. The van der Waals surface area contributed by atoms with Crippen LogP contribution in [0.4, 0.5) is 0 Å². The van der Waals surface area contributed by atoms with Crippen molar-refractivity contribution >= 4 is 0 Å². The molecular weight excluding hydrogens is 158 g/mol. The molecule has 1 heteroatoms. The van der Waals surface area contributed by atoms with E-state index in [9.17, 15) is 0 Å². The van der Waals surface area contributed by atoms with Gasteiger partial charge in [-0.15, -0.1) is 0 Å². The minimum atomic E-state index is 0.623. The van der Waals surface area contributed by atoms with Gasteiger partial charge in [0, 0.05) is 6.04 Å². The van der Waals surface area contributed by atoms with Crippen LogP contribution in [0.15, 0.2) is 11.6 Å². The second-order valence-corrected chi connectivity index (χ2v) is 4.47. The van der Waals surface area contributed by atoms with Gasteiger partial charge < -0.3 is 5.32 Å². The standard InChI is InChI=1S/C12H23N/c1-10(2)13-9-5-6-11(3)12-7-4-8-12/h6,10,12-13H,4-5,7-9H2,1-3H3/b11-6-. The number of allylic oxidation sites excluding steroid dienone is 1. The highest BCUT2D eigenvalue weighted by Crippen LogP contribution is 2.32. The van der Waals surface area contributed by atoms with Crippen molar-refractivity contribution in [2.75, 3.05) is 6.54 Å². The van der Waals surface area contributed by atoms with Crippen LogP contribution in [-0.2, 0) is 0 Å². The fraction of sp³-hybridized carbons (Fsp3) is 0.833. The molecule has 0 aliphatic heterocycles. The maximum Gasteiger partial charge on any atom is 0.00105 e. The van der Waals surface area contributed by atoms with Crippen LogP contribution in [0.5, 0.6) is 0 Å². The molecule has 0 bridgehead atoms. The van der Waals surface area contributed by atoms with Gasteiger partial charge in [-0.1, -0.05) is 31.9 Å². The summed E-state index contributed by atoms with van der Waals surface area (Å²) in [5, 5.41) is 3.43.